The molecule has 0 spiro atoms. The summed E-state index contributed by atoms with van der Waals surface area (Å²) in [5, 5.41) is 3.41. The molecule has 0 radical (unpaired) electrons. The zero-order chi connectivity index (χ0) is 46.4. The Kier molecular flexibility index (Phi) is 25.9. The van der Waals surface area contributed by atoms with E-state index in [1.54, 1.807) is 37.3 Å². The standard InChI is InChI=1S/C27H44N2O6.C22H36N2O4.ClH/c1-8-15-33-23-13-12-21(18-24(23)34-17-10-16-32-7)25(30)29(20(2)3)22-11-9-14-28(19-22)26(31)35-27(4,5)6;1-5-12-27-20-10-9-18(15-21(20)28-14-7-13-26-4)22(25)24(17(2)3)19-8-6-11-23-16-19;/h12-13,18,20,22H,8-11,14-17,19H2,1-7H3;9-10,15,17,19,23H,5-8,11-14,16H2,1-4H3;1H/t22-;19-;/m11./s1. The van der Waals surface area contributed by atoms with E-state index in [0.717, 1.165) is 64.5 Å². The second kappa shape index (κ2) is 29.5. The Morgan fingerprint density at radius 2 is 1.16 bits per heavy atom. The molecular formula is C49H81ClN4O10. The molecule has 14 nitrogen and oxygen atoms in total. The number of hydrogen-bond acceptors (Lipinski definition) is 11. The van der Waals surface area contributed by atoms with Crippen molar-refractivity contribution in [1.82, 2.24) is 20.0 Å². The number of amides is 3. The first kappa shape index (κ1) is 56.2. The number of carbonyl (C=O) groups excluding carboxylic acids is 3. The van der Waals surface area contributed by atoms with Crippen LogP contribution in [0, 0.1) is 0 Å². The lowest BCUT2D eigenvalue weighted by Crippen LogP contribution is -2.54. The summed E-state index contributed by atoms with van der Waals surface area (Å²) in [6.07, 6.45) is 6.77. The van der Waals surface area contributed by atoms with Crippen molar-refractivity contribution in [1.29, 1.82) is 0 Å². The molecule has 2 aliphatic rings. The second-order valence-electron chi connectivity index (χ2n) is 17.7. The van der Waals surface area contributed by atoms with E-state index in [1.165, 1.54) is 0 Å². The first-order valence-electron chi connectivity index (χ1n) is 23.3. The molecule has 1 N–H and O–H groups in total. The van der Waals surface area contributed by atoms with Crippen LogP contribution in [0.15, 0.2) is 36.4 Å². The van der Waals surface area contributed by atoms with Crippen molar-refractivity contribution in [3.63, 3.8) is 0 Å². The number of ether oxygens (including phenoxy) is 7. The Morgan fingerprint density at radius 3 is 1.58 bits per heavy atom. The molecule has 0 aromatic heterocycles. The predicted octanol–water partition coefficient (Wildman–Crippen LogP) is 9.06. The molecule has 3 amide bonds. The Morgan fingerprint density at radius 1 is 0.688 bits per heavy atom. The maximum Gasteiger partial charge on any atom is 0.410 e. The number of carbonyl (C=O) groups is 3. The Hall–Kier alpha value is -3.98. The van der Waals surface area contributed by atoms with Gasteiger partial charge in [-0.15, -0.1) is 12.4 Å². The van der Waals surface area contributed by atoms with Crippen LogP contribution in [0.2, 0.25) is 0 Å². The van der Waals surface area contributed by atoms with Crippen LogP contribution in [0.4, 0.5) is 4.79 Å². The Balaban J connectivity index is 0.000000444. The first-order valence-corrected chi connectivity index (χ1v) is 23.3. The van der Waals surface area contributed by atoms with Gasteiger partial charge in [0.15, 0.2) is 23.0 Å². The van der Waals surface area contributed by atoms with Crippen molar-refractivity contribution >= 4 is 30.3 Å². The van der Waals surface area contributed by atoms with Crippen LogP contribution in [0.25, 0.3) is 0 Å². The first-order chi connectivity index (χ1) is 30.1. The highest BCUT2D eigenvalue weighted by molar-refractivity contribution is 5.96. The minimum absolute atomic E-state index is 0. The molecule has 2 heterocycles. The molecule has 4 rings (SSSR count). The zero-order valence-corrected chi connectivity index (χ0v) is 41.7. The second-order valence-corrected chi connectivity index (χ2v) is 17.7. The van der Waals surface area contributed by atoms with Gasteiger partial charge in [0.25, 0.3) is 11.8 Å². The highest BCUT2D eigenvalue weighted by atomic mass is 35.5. The van der Waals surface area contributed by atoms with Gasteiger partial charge in [-0.1, -0.05) is 13.8 Å². The van der Waals surface area contributed by atoms with Crippen molar-refractivity contribution in [3.8, 4) is 23.0 Å². The fraction of sp³-hybridized carbons (Fsp3) is 0.694. The van der Waals surface area contributed by atoms with Crippen molar-refractivity contribution in [2.45, 2.75) is 143 Å². The summed E-state index contributed by atoms with van der Waals surface area (Å²) in [6.45, 7) is 24.2. The van der Waals surface area contributed by atoms with E-state index in [2.05, 4.69) is 26.1 Å². The Labute approximate surface area is 390 Å². The van der Waals surface area contributed by atoms with Crippen LogP contribution in [0.3, 0.4) is 0 Å². The molecule has 0 unspecified atom stereocenters. The topological polar surface area (TPSA) is 138 Å². The molecule has 2 aliphatic heterocycles. The monoisotopic (exact) mass is 921 g/mol. The van der Waals surface area contributed by atoms with Gasteiger partial charge in [-0.2, -0.15) is 0 Å². The van der Waals surface area contributed by atoms with E-state index in [4.69, 9.17) is 33.2 Å². The van der Waals surface area contributed by atoms with Gasteiger partial charge in [-0.05, 0) is 130 Å². The molecule has 0 bridgehead atoms. The average molecular weight is 922 g/mol. The van der Waals surface area contributed by atoms with E-state index in [1.807, 2.05) is 69.5 Å². The highest BCUT2D eigenvalue weighted by Crippen LogP contribution is 2.32. The summed E-state index contributed by atoms with van der Waals surface area (Å²) in [5.41, 5.74) is 0.627. The van der Waals surface area contributed by atoms with E-state index in [9.17, 15) is 14.4 Å². The number of rotatable bonds is 22. The number of piperidine rings is 2. The number of methoxy groups -OCH3 is 2. The number of likely N-dealkylation sites (tertiary alicyclic amines) is 1. The van der Waals surface area contributed by atoms with Crippen LogP contribution in [-0.2, 0) is 14.2 Å². The van der Waals surface area contributed by atoms with Gasteiger partial charge in [0.05, 0.1) is 32.5 Å². The van der Waals surface area contributed by atoms with E-state index >= 15 is 0 Å². The lowest BCUT2D eigenvalue weighted by Gasteiger charge is -2.41. The minimum Gasteiger partial charge on any atom is -0.490 e. The summed E-state index contributed by atoms with van der Waals surface area (Å²) in [7, 11) is 3.33. The largest absolute Gasteiger partial charge is 0.490 e. The lowest BCUT2D eigenvalue weighted by molar-refractivity contribution is 0.00751. The van der Waals surface area contributed by atoms with Gasteiger partial charge in [0.2, 0.25) is 0 Å². The summed E-state index contributed by atoms with van der Waals surface area (Å²) in [6, 6.07) is 11.1. The van der Waals surface area contributed by atoms with Crippen molar-refractivity contribution < 1.29 is 47.5 Å². The molecule has 2 aromatic carbocycles. The molecule has 2 saturated heterocycles. The zero-order valence-electron chi connectivity index (χ0n) is 40.8. The van der Waals surface area contributed by atoms with E-state index in [-0.39, 0.29) is 54.5 Å². The van der Waals surface area contributed by atoms with Gasteiger partial charge >= 0.3 is 6.09 Å². The fourth-order valence-corrected chi connectivity index (χ4v) is 7.63. The molecule has 0 saturated carbocycles. The number of halogens is 1. The molecule has 15 heteroatoms. The minimum atomic E-state index is -0.557. The molecule has 2 aromatic rings. The summed E-state index contributed by atoms with van der Waals surface area (Å²) in [4.78, 5) is 45.3. The quantitative estimate of drug-likeness (QED) is 0.113. The molecule has 2 atom stereocenters. The van der Waals surface area contributed by atoms with Crippen molar-refractivity contribution in [3.05, 3.63) is 47.5 Å². The number of hydrogen-bond donors (Lipinski definition) is 1. The molecule has 0 aliphatic carbocycles. The lowest BCUT2D eigenvalue weighted by atomic mass is 10.0. The van der Waals surface area contributed by atoms with Crippen LogP contribution >= 0.6 is 12.4 Å². The molecule has 2 fully saturated rings. The third-order valence-electron chi connectivity index (χ3n) is 10.5. The summed E-state index contributed by atoms with van der Waals surface area (Å²) >= 11 is 0. The van der Waals surface area contributed by atoms with Crippen LogP contribution < -0.4 is 24.3 Å². The van der Waals surface area contributed by atoms with Crippen molar-refractivity contribution in [2.75, 3.05) is 80.0 Å². The molecular weight excluding hydrogens is 840 g/mol. The predicted molar refractivity (Wildman–Crippen MR) is 255 cm³/mol. The summed E-state index contributed by atoms with van der Waals surface area (Å²) in [5.74, 6) is 2.47. The van der Waals surface area contributed by atoms with E-state index in [0.29, 0.717) is 86.9 Å². The molecule has 364 valence electrons. The third kappa shape index (κ3) is 18.5. The van der Waals surface area contributed by atoms with Crippen LogP contribution in [0.1, 0.15) is 134 Å². The van der Waals surface area contributed by atoms with Crippen LogP contribution in [-0.4, -0.2) is 142 Å². The van der Waals surface area contributed by atoms with Crippen LogP contribution in [0.5, 0.6) is 23.0 Å². The Bertz CT molecular complexity index is 1670. The highest BCUT2D eigenvalue weighted by Gasteiger charge is 2.35. The van der Waals surface area contributed by atoms with Gasteiger partial charge in [-0.25, -0.2) is 4.79 Å². The fourth-order valence-electron chi connectivity index (χ4n) is 7.63. The number of nitrogens with zero attached hydrogens (tertiary/aromatic N) is 3. The molecule has 64 heavy (non-hydrogen) atoms. The van der Waals surface area contributed by atoms with Crippen molar-refractivity contribution in [2.24, 2.45) is 0 Å². The van der Waals surface area contributed by atoms with Gasteiger partial charge < -0.3 is 53.2 Å². The third-order valence-corrected chi connectivity index (χ3v) is 10.5. The van der Waals surface area contributed by atoms with Gasteiger partial charge in [0, 0.05) is 89.2 Å². The van der Waals surface area contributed by atoms with E-state index < -0.39 is 5.60 Å². The number of benzene rings is 2. The normalized spacial score (nSPS) is 16.2. The number of nitrogens with one attached hydrogen (secondary N) is 1. The maximum atomic E-state index is 13.7. The average Bonchev–Trinajstić information content (AvgIpc) is 3.25. The van der Waals surface area contributed by atoms with Gasteiger partial charge in [-0.3, -0.25) is 9.59 Å². The van der Waals surface area contributed by atoms with Gasteiger partial charge in [0.1, 0.15) is 5.60 Å². The maximum absolute atomic E-state index is 13.7. The summed E-state index contributed by atoms with van der Waals surface area (Å²) < 4.78 is 39.3. The SMILES string of the molecule is CCCOc1ccc(C(=O)N(C(C)C)[C@@H]2CCCN(C(=O)OC(C)(C)C)C2)cc1OCCCOC.CCCOc1ccc(C(=O)N(C(C)C)[C@@H]2CCCNC2)cc1OCCCOC.Cl. The smallest absolute Gasteiger partial charge is 0.410 e.